The molecule has 3 saturated carbocycles. The van der Waals surface area contributed by atoms with Gasteiger partial charge in [0.2, 0.25) is 0 Å². The fourth-order valence-electron chi connectivity index (χ4n) is 8.21. The highest BCUT2D eigenvalue weighted by Gasteiger charge is 2.62. The maximum atomic E-state index is 11.1. The van der Waals surface area contributed by atoms with Gasteiger partial charge >= 0.3 is 0 Å². The van der Waals surface area contributed by atoms with E-state index in [0.29, 0.717) is 11.0 Å². The lowest BCUT2D eigenvalue weighted by Crippen LogP contribution is -2.55. The van der Waals surface area contributed by atoms with Gasteiger partial charge in [0.25, 0.3) is 0 Å². The highest BCUT2D eigenvalue weighted by Crippen LogP contribution is 2.68. The quantitative estimate of drug-likeness (QED) is 0.618. The van der Waals surface area contributed by atoms with Crippen LogP contribution in [0, 0.1) is 28.6 Å². The van der Waals surface area contributed by atoms with Gasteiger partial charge in [-0.1, -0.05) is 25.5 Å². The Labute approximate surface area is 153 Å². The molecule has 1 unspecified atom stereocenters. The first-order chi connectivity index (χ1) is 11.8. The molecule has 2 heteroatoms. The maximum Gasteiger partial charge on any atom is 0.0675 e. The average molecular weight is 344 g/mol. The van der Waals surface area contributed by atoms with Gasteiger partial charge in [-0.2, -0.15) is 0 Å². The van der Waals surface area contributed by atoms with Gasteiger partial charge in [-0.3, -0.25) is 0 Å². The summed E-state index contributed by atoms with van der Waals surface area (Å²) < 4.78 is 0. The molecule has 5 aliphatic rings. The number of hydrogen-bond acceptors (Lipinski definition) is 2. The molecule has 1 heterocycles. The third-order valence-corrected chi connectivity index (χ3v) is 10.1. The molecule has 0 aromatic carbocycles. The summed E-state index contributed by atoms with van der Waals surface area (Å²) in [6, 6.07) is 0. The van der Waals surface area contributed by atoms with Gasteiger partial charge in [0.15, 0.2) is 0 Å². The summed E-state index contributed by atoms with van der Waals surface area (Å²) in [7, 11) is 0. The second kappa shape index (κ2) is 5.13. The van der Waals surface area contributed by atoms with Crippen LogP contribution in [0.5, 0.6) is 0 Å². The minimum atomic E-state index is -0.440. The molecule has 0 aromatic rings. The summed E-state index contributed by atoms with van der Waals surface area (Å²) in [5.41, 5.74) is 2.30. The fraction of sp³-hybridized carbons (Fsp3) is 0.913. The number of aliphatic hydroxyl groups is 1. The average Bonchev–Trinajstić information content (AvgIpc) is 3.11. The molecule has 0 aromatic heterocycles. The zero-order valence-corrected chi connectivity index (χ0v) is 16.5. The number of nitrogens with one attached hydrogen (secondary N) is 1. The first-order valence-electron chi connectivity index (χ1n) is 11.0. The van der Waals surface area contributed by atoms with Crippen LogP contribution in [-0.2, 0) is 0 Å². The second-order valence-corrected chi connectivity index (χ2v) is 11.0. The Hall–Kier alpha value is -0.340. The Kier molecular flexibility index (Phi) is 3.45. The normalized spacial score (nSPS) is 57.8. The van der Waals surface area contributed by atoms with Crippen molar-refractivity contribution < 1.29 is 5.11 Å². The Morgan fingerprint density at radius 3 is 2.52 bits per heavy atom. The summed E-state index contributed by atoms with van der Waals surface area (Å²) in [6.07, 6.45) is 15.7. The molecule has 1 aliphatic heterocycles. The van der Waals surface area contributed by atoms with Gasteiger partial charge in [0.05, 0.1) is 5.60 Å². The van der Waals surface area contributed by atoms with Crippen molar-refractivity contribution in [3.8, 4) is 0 Å². The van der Waals surface area contributed by atoms with Crippen molar-refractivity contribution in [3.05, 3.63) is 11.6 Å². The van der Waals surface area contributed by atoms with E-state index in [4.69, 9.17) is 0 Å². The lowest BCUT2D eigenvalue weighted by atomic mass is 9.46. The van der Waals surface area contributed by atoms with Crippen molar-refractivity contribution >= 4 is 0 Å². The molecule has 1 spiro atoms. The maximum absolute atomic E-state index is 11.1. The number of hydrogen-bond donors (Lipinski definition) is 2. The van der Waals surface area contributed by atoms with Crippen LogP contribution in [0.1, 0.15) is 85.0 Å². The van der Waals surface area contributed by atoms with Crippen molar-refractivity contribution in [2.24, 2.45) is 28.6 Å². The zero-order chi connectivity index (χ0) is 17.5. The largest absolute Gasteiger partial charge is 0.390 e. The summed E-state index contributed by atoms with van der Waals surface area (Å²) in [6.45, 7) is 8.35. The molecule has 4 aliphatic carbocycles. The van der Waals surface area contributed by atoms with Crippen LogP contribution in [-0.4, -0.2) is 22.8 Å². The molecule has 140 valence electrons. The van der Waals surface area contributed by atoms with Crippen molar-refractivity contribution in [2.45, 2.75) is 96.1 Å². The molecule has 0 radical (unpaired) electrons. The van der Waals surface area contributed by atoms with Crippen molar-refractivity contribution in [3.63, 3.8) is 0 Å². The summed E-state index contributed by atoms with van der Waals surface area (Å²) in [4.78, 5) is 0. The van der Waals surface area contributed by atoms with Crippen molar-refractivity contribution in [1.29, 1.82) is 0 Å². The predicted molar refractivity (Wildman–Crippen MR) is 102 cm³/mol. The molecular weight excluding hydrogens is 306 g/mol. The first-order valence-corrected chi connectivity index (χ1v) is 11.0. The highest BCUT2D eigenvalue weighted by molar-refractivity contribution is 5.30. The van der Waals surface area contributed by atoms with Gasteiger partial charge < -0.3 is 10.4 Å². The van der Waals surface area contributed by atoms with Gasteiger partial charge in [0, 0.05) is 5.54 Å². The lowest BCUT2D eigenvalue weighted by Gasteiger charge is -2.60. The number of fused-ring (bicyclic) bond motifs is 5. The monoisotopic (exact) mass is 343 g/mol. The van der Waals surface area contributed by atoms with E-state index in [2.05, 4.69) is 32.2 Å². The SMILES string of the molecule is C[C@]12CCC3(C=C1CC[C@@H]1[C@@H]2CC[C@@]2(C)[C@H]1CC[C@]2(C)O)CCCN3. The molecule has 7 atom stereocenters. The zero-order valence-electron chi connectivity index (χ0n) is 16.5. The number of rotatable bonds is 0. The van der Waals surface area contributed by atoms with Crippen LogP contribution in [0.3, 0.4) is 0 Å². The van der Waals surface area contributed by atoms with Crippen LogP contribution in [0.2, 0.25) is 0 Å². The van der Waals surface area contributed by atoms with Crippen molar-refractivity contribution in [1.82, 2.24) is 5.32 Å². The van der Waals surface area contributed by atoms with Crippen LogP contribution < -0.4 is 5.32 Å². The smallest absolute Gasteiger partial charge is 0.0675 e. The molecule has 2 N–H and O–H groups in total. The van der Waals surface area contributed by atoms with E-state index < -0.39 is 5.60 Å². The van der Waals surface area contributed by atoms with Crippen molar-refractivity contribution in [2.75, 3.05) is 6.54 Å². The first kappa shape index (κ1) is 16.8. The minimum Gasteiger partial charge on any atom is -0.390 e. The van der Waals surface area contributed by atoms with Gasteiger partial charge in [-0.15, -0.1) is 0 Å². The van der Waals surface area contributed by atoms with E-state index in [1.807, 2.05) is 0 Å². The van der Waals surface area contributed by atoms with Gasteiger partial charge in [-0.05, 0) is 106 Å². The predicted octanol–water partition coefficient (Wildman–Crippen LogP) is 4.82. The van der Waals surface area contributed by atoms with E-state index in [1.54, 1.807) is 5.57 Å². The molecule has 0 amide bonds. The fourth-order valence-corrected chi connectivity index (χ4v) is 8.21. The second-order valence-electron chi connectivity index (χ2n) is 11.0. The van der Waals surface area contributed by atoms with Crippen LogP contribution >= 0.6 is 0 Å². The Morgan fingerprint density at radius 1 is 0.960 bits per heavy atom. The molecular formula is C23H37NO. The molecule has 1 saturated heterocycles. The molecule has 25 heavy (non-hydrogen) atoms. The third kappa shape index (κ3) is 2.10. The molecule has 4 fully saturated rings. The van der Waals surface area contributed by atoms with E-state index in [0.717, 1.165) is 24.2 Å². The summed E-state index contributed by atoms with van der Waals surface area (Å²) in [5, 5.41) is 14.9. The van der Waals surface area contributed by atoms with Gasteiger partial charge in [-0.25, -0.2) is 0 Å². The Balaban J connectivity index is 1.47. The molecule has 5 rings (SSSR count). The molecule has 2 nitrogen and oxygen atoms in total. The van der Waals surface area contributed by atoms with Crippen LogP contribution in [0.4, 0.5) is 0 Å². The highest BCUT2D eigenvalue weighted by atomic mass is 16.3. The Bertz CT molecular complexity index is 601. The van der Waals surface area contributed by atoms with E-state index in [9.17, 15) is 5.11 Å². The van der Waals surface area contributed by atoms with E-state index >= 15 is 0 Å². The third-order valence-electron chi connectivity index (χ3n) is 10.1. The Morgan fingerprint density at radius 2 is 1.76 bits per heavy atom. The van der Waals surface area contributed by atoms with E-state index in [-0.39, 0.29) is 5.41 Å². The topological polar surface area (TPSA) is 32.3 Å². The standard InChI is InChI=1S/C23H37NO/c1-20-12-13-23(9-4-14-24-23)15-16(20)5-6-17-18(20)7-10-21(2)19(17)8-11-22(21,3)25/h15,17-19,24-25H,4-14H2,1-3H3/t17-,18+,19+,20+,21+,22+,23?/m1/s1. The summed E-state index contributed by atoms with van der Waals surface area (Å²) >= 11 is 0. The lowest BCUT2D eigenvalue weighted by molar-refractivity contribution is -0.118. The van der Waals surface area contributed by atoms with Gasteiger partial charge in [0.1, 0.15) is 0 Å². The molecule has 0 bridgehead atoms. The van der Waals surface area contributed by atoms with E-state index in [1.165, 1.54) is 64.3 Å². The number of allylic oxidation sites excluding steroid dienone is 1. The summed E-state index contributed by atoms with van der Waals surface area (Å²) in [5.74, 6) is 2.46. The minimum absolute atomic E-state index is 0.161. The van der Waals surface area contributed by atoms with Crippen LogP contribution in [0.15, 0.2) is 11.6 Å². The van der Waals surface area contributed by atoms with Crippen LogP contribution in [0.25, 0.3) is 0 Å².